The van der Waals surface area contributed by atoms with Crippen LogP contribution in [0.25, 0.3) is 22.0 Å². The van der Waals surface area contributed by atoms with Crippen LogP contribution in [0.2, 0.25) is 0 Å². The van der Waals surface area contributed by atoms with E-state index in [1.807, 2.05) is 0 Å². The lowest BCUT2D eigenvalue weighted by Gasteiger charge is -2.27. The third-order valence-electron chi connectivity index (χ3n) is 4.89. The molecule has 7 nitrogen and oxygen atoms in total. The van der Waals surface area contributed by atoms with Crippen LogP contribution in [0.1, 0.15) is 10.4 Å². The van der Waals surface area contributed by atoms with Crippen molar-refractivity contribution in [3.8, 4) is 11.1 Å². The fourth-order valence-electron chi connectivity index (χ4n) is 3.48. The minimum atomic E-state index is -3.84. The van der Waals surface area contributed by atoms with Gasteiger partial charge in [-0.05, 0) is 35.9 Å². The van der Waals surface area contributed by atoms with Crippen molar-refractivity contribution in [2.45, 2.75) is 4.90 Å². The Morgan fingerprint density at radius 1 is 1.11 bits per heavy atom. The van der Waals surface area contributed by atoms with Gasteiger partial charge in [-0.2, -0.15) is 4.31 Å². The number of carbonyl (C=O) groups is 1. The summed E-state index contributed by atoms with van der Waals surface area (Å²) in [6, 6.07) is 8.87. The molecule has 0 atom stereocenters. The number of rotatable bonds is 4. The van der Waals surface area contributed by atoms with Crippen LogP contribution in [0.3, 0.4) is 0 Å². The fraction of sp³-hybridized carbons (Fsp3) is 0.211. The number of carbonyl (C=O) groups excluding carboxylic acids is 1. The topological polar surface area (TPSA) is 108 Å². The number of aromatic amines is 1. The van der Waals surface area contributed by atoms with Crippen molar-refractivity contribution in [3.63, 3.8) is 0 Å². The number of nitrogens with two attached hydrogens (primary N) is 1. The Hall–Kier alpha value is -2.75. The van der Waals surface area contributed by atoms with Gasteiger partial charge in [0.15, 0.2) is 0 Å². The molecular weight excluding hydrogens is 383 g/mol. The van der Waals surface area contributed by atoms with E-state index < -0.39 is 15.9 Å². The number of hydrogen-bond acceptors (Lipinski definition) is 4. The van der Waals surface area contributed by atoms with Gasteiger partial charge in [0.05, 0.1) is 10.5 Å². The van der Waals surface area contributed by atoms with E-state index in [-0.39, 0.29) is 16.3 Å². The van der Waals surface area contributed by atoms with Gasteiger partial charge in [-0.1, -0.05) is 6.07 Å². The molecule has 4 rings (SSSR count). The number of amides is 1. The van der Waals surface area contributed by atoms with Gasteiger partial charge in [-0.15, -0.1) is 0 Å². The first-order chi connectivity index (χ1) is 13.4. The zero-order valence-corrected chi connectivity index (χ0v) is 15.7. The molecule has 1 saturated heterocycles. The van der Waals surface area contributed by atoms with Gasteiger partial charge in [-0.3, -0.25) is 4.79 Å². The zero-order valence-electron chi connectivity index (χ0n) is 14.9. The van der Waals surface area contributed by atoms with Gasteiger partial charge in [-0.25, -0.2) is 12.8 Å². The number of halogens is 1. The molecule has 0 aliphatic carbocycles. The Morgan fingerprint density at radius 2 is 1.86 bits per heavy atom. The van der Waals surface area contributed by atoms with Crippen molar-refractivity contribution in [1.82, 2.24) is 14.6 Å². The second kappa shape index (κ2) is 7.01. The first-order valence-electron chi connectivity index (χ1n) is 8.79. The number of fused-ring (bicyclic) bond motifs is 1. The van der Waals surface area contributed by atoms with E-state index in [9.17, 15) is 17.6 Å². The summed E-state index contributed by atoms with van der Waals surface area (Å²) in [4.78, 5) is 14.9. The molecule has 1 fully saturated rings. The predicted octanol–water partition coefficient (Wildman–Crippen LogP) is 1.67. The molecule has 9 heteroatoms. The highest BCUT2D eigenvalue weighted by atomic mass is 32.2. The van der Waals surface area contributed by atoms with E-state index in [1.165, 1.54) is 28.6 Å². The van der Waals surface area contributed by atoms with Gasteiger partial charge in [0.25, 0.3) is 0 Å². The molecule has 0 spiro atoms. The molecule has 0 saturated carbocycles. The van der Waals surface area contributed by atoms with Gasteiger partial charge in [0.2, 0.25) is 15.9 Å². The molecule has 4 N–H and O–H groups in total. The average Bonchev–Trinajstić information content (AvgIpc) is 3.11. The summed E-state index contributed by atoms with van der Waals surface area (Å²) in [6.07, 6.45) is 1.69. The maximum absolute atomic E-state index is 13.4. The van der Waals surface area contributed by atoms with Crippen LogP contribution in [0.15, 0.2) is 47.5 Å². The molecule has 0 unspecified atom stereocenters. The average molecular weight is 402 g/mol. The minimum Gasteiger partial charge on any atom is -0.366 e. The van der Waals surface area contributed by atoms with Crippen molar-refractivity contribution in [2.75, 3.05) is 26.2 Å². The maximum Gasteiger partial charge on any atom is 0.250 e. The molecule has 1 aromatic heterocycles. The van der Waals surface area contributed by atoms with Crippen molar-refractivity contribution < 1.29 is 17.6 Å². The zero-order chi connectivity index (χ0) is 19.9. The molecule has 0 radical (unpaired) electrons. The van der Waals surface area contributed by atoms with E-state index in [4.69, 9.17) is 5.73 Å². The number of hydrogen-bond donors (Lipinski definition) is 3. The number of aromatic nitrogens is 1. The Balaban J connectivity index is 1.82. The Bertz CT molecular complexity index is 1170. The molecule has 28 heavy (non-hydrogen) atoms. The molecular formula is C19H19FN4O3S. The lowest BCUT2D eigenvalue weighted by molar-refractivity contribution is 0.0997. The molecule has 2 aromatic carbocycles. The van der Waals surface area contributed by atoms with E-state index in [0.717, 1.165) is 10.9 Å². The highest BCUT2D eigenvalue weighted by Crippen LogP contribution is 2.32. The normalized spacial score (nSPS) is 15.8. The number of primary amides is 1. The van der Waals surface area contributed by atoms with Crippen LogP contribution in [-0.4, -0.2) is 49.8 Å². The first-order valence-corrected chi connectivity index (χ1v) is 10.2. The summed E-state index contributed by atoms with van der Waals surface area (Å²) in [5.41, 5.74) is 7.39. The highest BCUT2D eigenvalue weighted by Gasteiger charge is 2.29. The molecule has 1 aliphatic heterocycles. The van der Waals surface area contributed by atoms with Crippen LogP contribution in [0.4, 0.5) is 4.39 Å². The van der Waals surface area contributed by atoms with E-state index in [2.05, 4.69) is 10.3 Å². The molecule has 146 valence electrons. The van der Waals surface area contributed by atoms with E-state index in [1.54, 1.807) is 18.3 Å². The van der Waals surface area contributed by atoms with E-state index in [0.29, 0.717) is 37.3 Å². The van der Waals surface area contributed by atoms with Crippen LogP contribution in [0.5, 0.6) is 0 Å². The third-order valence-corrected chi connectivity index (χ3v) is 6.85. The molecule has 2 heterocycles. The number of nitrogens with zero attached hydrogens (tertiary/aromatic N) is 1. The number of benzene rings is 2. The molecule has 3 aromatic rings. The second-order valence-corrected chi connectivity index (χ2v) is 8.53. The minimum absolute atomic E-state index is 0.0625. The lowest BCUT2D eigenvalue weighted by atomic mass is 10.0. The van der Waals surface area contributed by atoms with Gasteiger partial charge < -0.3 is 16.0 Å². The van der Waals surface area contributed by atoms with Crippen molar-refractivity contribution in [2.24, 2.45) is 5.73 Å². The summed E-state index contributed by atoms with van der Waals surface area (Å²) in [7, 11) is -3.84. The summed E-state index contributed by atoms with van der Waals surface area (Å²) < 4.78 is 40.8. The summed E-state index contributed by atoms with van der Waals surface area (Å²) in [5.74, 6) is -1.18. The lowest BCUT2D eigenvalue weighted by Crippen LogP contribution is -2.46. The van der Waals surface area contributed by atoms with Crippen LogP contribution in [-0.2, 0) is 10.0 Å². The monoisotopic (exact) mass is 402 g/mol. The van der Waals surface area contributed by atoms with Gasteiger partial charge >= 0.3 is 0 Å². The maximum atomic E-state index is 13.4. The van der Waals surface area contributed by atoms with Crippen molar-refractivity contribution in [3.05, 3.63) is 54.0 Å². The molecule has 0 bridgehead atoms. The van der Waals surface area contributed by atoms with Crippen LogP contribution in [0, 0.1) is 5.82 Å². The second-order valence-electron chi connectivity index (χ2n) is 6.62. The smallest absolute Gasteiger partial charge is 0.250 e. The summed E-state index contributed by atoms with van der Waals surface area (Å²) in [6.45, 7) is 1.76. The van der Waals surface area contributed by atoms with Crippen molar-refractivity contribution in [1.29, 1.82) is 0 Å². The van der Waals surface area contributed by atoms with E-state index >= 15 is 0 Å². The van der Waals surface area contributed by atoms with Crippen LogP contribution < -0.4 is 11.1 Å². The third kappa shape index (κ3) is 3.17. The summed E-state index contributed by atoms with van der Waals surface area (Å²) in [5, 5.41) is 3.86. The quantitative estimate of drug-likeness (QED) is 0.617. The summed E-state index contributed by atoms with van der Waals surface area (Å²) >= 11 is 0. The van der Waals surface area contributed by atoms with Gasteiger partial charge in [0.1, 0.15) is 5.82 Å². The molecule has 1 amide bonds. The molecule has 1 aliphatic rings. The number of nitrogens with one attached hydrogen (secondary N) is 2. The Kier molecular flexibility index (Phi) is 4.66. The van der Waals surface area contributed by atoms with Crippen LogP contribution >= 0.6 is 0 Å². The number of H-pyrrole nitrogens is 1. The first kappa shape index (κ1) is 18.6. The Morgan fingerprint density at radius 3 is 2.57 bits per heavy atom. The SMILES string of the molecule is NC(=O)c1cc(-c2c[nH]c3cc(F)ccc23)ccc1S(=O)(=O)N1CCNCC1. The standard InChI is InChI=1S/C19H19FN4O3S/c20-13-2-3-14-16(11-23-17(14)10-13)12-1-4-18(15(9-12)19(21)25)28(26,27)24-7-5-22-6-8-24/h1-4,9-11,22-23H,5-8H2,(H2,21,25). The van der Waals surface area contributed by atoms with Crippen molar-refractivity contribution >= 4 is 26.8 Å². The largest absolute Gasteiger partial charge is 0.366 e. The highest BCUT2D eigenvalue weighted by molar-refractivity contribution is 7.89. The number of sulfonamides is 1. The Labute approximate surface area is 161 Å². The predicted molar refractivity (Wildman–Crippen MR) is 104 cm³/mol. The fourth-order valence-corrected chi connectivity index (χ4v) is 5.09. The van der Waals surface area contributed by atoms with Gasteiger partial charge in [0, 0.05) is 48.8 Å². The number of piperazine rings is 1.